The van der Waals surface area contributed by atoms with Gasteiger partial charge in [-0.2, -0.15) is 0 Å². The number of carbonyl (C=O) groups is 2. The van der Waals surface area contributed by atoms with Crippen molar-refractivity contribution in [1.82, 2.24) is 0 Å². The number of hydrogen-bond acceptors (Lipinski definition) is 3. The molecule has 2 bridgehead atoms. The zero-order valence-corrected chi connectivity index (χ0v) is 13.2. The molecular formula is C19H22O3. The van der Waals surface area contributed by atoms with E-state index in [1.807, 2.05) is 12.1 Å². The standard InChI is InChI=1S/C19H22O3/c1-4-19-11-10-14(18(19,2)3)12-15(19)22-17(21)16(20)13-8-6-5-7-9-13/h4-9,14-15H,1,10-12H2,2-3H3/t14-,15+,19+/m0/s1. The predicted molar refractivity (Wildman–Crippen MR) is 84.4 cm³/mol. The van der Waals surface area contributed by atoms with Gasteiger partial charge in [-0.25, -0.2) is 4.79 Å². The second-order valence-electron chi connectivity index (χ2n) is 7.03. The number of fused-ring (bicyclic) bond motifs is 2. The van der Waals surface area contributed by atoms with Crippen LogP contribution in [-0.2, 0) is 9.53 Å². The lowest BCUT2D eigenvalue weighted by Crippen LogP contribution is -2.40. The number of ketones is 1. The molecule has 116 valence electrons. The van der Waals surface area contributed by atoms with Crippen LogP contribution in [-0.4, -0.2) is 17.9 Å². The maximum Gasteiger partial charge on any atom is 0.379 e. The van der Waals surface area contributed by atoms with Crippen LogP contribution in [0.3, 0.4) is 0 Å². The number of esters is 1. The Balaban J connectivity index is 1.78. The van der Waals surface area contributed by atoms with Gasteiger partial charge in [-0.15, -0.1) is 6.58 Å². The van der Waals surface area contributed by atoms with Gasteiger partial charge in [-0.1, -0.05) is 50.3 Å². The van der Waals surface area contributed by atoms with Crippen molar-refractivity contribution in [2.45, 2.75) is 39.2 Å². The molecule has 0 heterocycles. The van der Waals surface area contributed by atoms with E-state index in [-0.39, 0.29) is 16.9 Å². The SMILES string of the molecule is C=C[C@@]12CC[C@@H](C[C@H]1OC(=O)C(=O)c1ccccc1)C2(C)C. The van der Waals surface area contributed by atoms with Crippen LogP contribution in [0.4, 0.5) is 0 Å². The Morgan fingerprint density at radius 2 is 1.95 bits per heavy atom. The normalized spacial score (nSPS) is 31.7. The molecular weight excluding hydrogens is 276 g/mol. The Kier molecular flexibility index (Phi) is 3.47. The van der Waals surface area contributed by atoms with Crippen LogP contribution in [0.25, 0.3) is 0 Å². The topological polar surface area (TPSA) is 43.4 Å². The smallest absolute Gasteiger partial charge is 0.379 e. The predicted octanol–water partition coefficient (Wildman–Crippen LogP) is 3.79. The minimum Gasteiger partial charge on any atom is -0.455 e. The van der Waals surface area contributed by atoms with Gasteiger partial charge in [-0.3, -0.25) is 4.79 Å². The zero-order chi connectivity index (χ0) is 16.0. The van der Waals surface area contributed by atoms with E-state index < -0.39 is 11.8 Å². The lowest BCUT2D eigenvalue weighted by atomic mass is 9.68. The summed E-state index contributed by atoms with van der Waals surface area (Å²) in [5, 5.41) is 0. The fourth-order valence-electron chi connectivity index (χ4n) is 4.47. The highest BCUT2D eigenvalue weighted by atomic mass is 16.5. The van der Waals surface area contributed by atoms with Gasteiger partial charge in [-0.05, 0) is 30.6 Å². The van der Waals surface area contributed by atoms with Gasteiger partial charge in [0.1, 0.15) is 6.10 Å². The molecule has 2 aliphatic rings. The van der Waals surface area contributed by atoms with Crippen LogP contribution < -0.4 is 0 Å². The Hall–Kier alpha value is -1.90. The zero-order valence-electron chi connectivity index (χ0n) is 13.2. The summed E-state index contributed by atoms with van der Waals surface area (Å²) >= 11 is 0. The summed E-state index contributed by atoms with van der Waals surface area (Å²) in [6, 6.07) is 8.57. The average Bonchev–Trinajstić information content (AvgIpc) is 2.90. The minimum absolute atomic E-state index is 0.0650. The van der Waals surface area contributed by atoms with Crippen LogP contribution >= 0.6 is 0 Å². The molecule has 3 atom stereocenters. The third-order valence-electron chi connectivity index (χ3n) is 6.03. The first-order valence-electron chi connectivity index (χ1n) is 7.86. The quantitative estimate of drug-likeness (QED) is 0.367. The highest BCUT2D eigenvalue weighted by Crippen LogP contribution is 2.67. The maximum absolute atomic E-state index is 12.2. The second-order valence-corrected chi connectivity index (χ2v) is 7.03. The van der Waals surface area contributed by atoms with E-state index in [2.05, 4.69) is 20.4 Å². The molecule has 0 unspecified atom stereocenters. The van der Waals surface area contributed by atoms with Crippen molar-refractivity contribution < 1.29 is 14.3 Å². The first-order chi connectivity index (χ1) is 10.4. The molecule has 3 rings (SSSR count). The molecule has 3 nitrogen and oxygen atoms in total. The molecule has 2 fully saturated rings. The van der Waals surface area contributed by atoms with E-state index in [0.29, 0.717) is 11.5 Å². The largest absolute Gasteiger partial charge is 0.455 e. The molecule has 3 heteroatoms. The van der Waals surface area contributed by atoms with Gasteiger partial charge in [0, 0.05) is 11.0 Å². The van der Waals surface area contributed by atoms with Gasteiger partial charge >= 0.3 is 5.97 Å². The van der Waals surface area contributed by atoms with Gasteiger partial charge in [0.25, 0.3) is 5.78 Å². The summed E-state index contributed by atoms with van der Waals surface area (Å²) in [6.07, 6.45) is 4.65. The highest BCUT2D eigenvalue weighted by Gasteiger charge is 2.64. The van der Waals surface area contributed by atoms with E-state index in [0.717, 1.165) is 19.3 Å². The van der Waals surface area contributed by atoms with Crippen molar-refractivity contribution in [3.8, 4) is 0 Å². The molecule has 2 saturated carbocycles. The summed E-state index contributed by atoms with van der Waals surface area (Å²) in [7, 11) is 0. The third-order valence-corrected chi connectivity index (χ3v) is 6.03. The fourth-order valence-corrected chi connectivity index (χ4v) is 4.47. The lowest BCUT2D eigenvalue weighted by Gasteiger charge is -2.39. The maximum atomic E-state index is 12.2. The first kappa shape index (κ1) is 15.0. The minimum atomic E-state index is -0.749. The Labute approximate surface area is 131 Å². The van der Waals surface area contributed by atoms with Crippen molar-refractivity contribution in [3.63, 3.8) is 0 Å². The number of hydrogen-bond donors (Lipinski definition) is 0. The number of benzene rings is 1. The Morgan fingerprint density at radius 1 is 1.27 bits per heavy atom. The summed E-state index contributed by atoms with van der Waals surface area (Å²) in [5.74, 6) is -0.795. The van der Waals surface area contributed by atoms with Crippen LogP contribution in [0.15, 0.2) is 43.0 Å². The number of rotatable bonds is 4. The van der Waals surface area contributed by atoms with Gasteiger partial charge in [0.05, 0.1) is 0 Å². The van der Waals surface area contributed by atoms with Crippen molar-refractivity contribution in [1.29, 1.82) is 0 Å². The van der Waals surface area contributed by atoms with E-state index in [1.54, 1.807) is 24.3 Å². The van der Waals surface area contributed by atoms with Crippen LogP contribution in [0.1, 0.15) is 43.5 Å². The van der Waals surface area contributed by atoms with E-state index in [1.165, 1.54) is 0 Å². The monoisotopic (exact) mass is 298 g/mol. The Bertz CT molecular complexity index is 617. The molecule has 1 aromatic carbocycles. The van der Waals surface area contributed by atoms with Crippen LogP contribution in [0.5, 0.6) is 0 Å². The molecule has 0 N–H and O–H groups in total. The molecule has 0 saturated heterocycles. The number of ether oxygens (including phenoxy) is 1. The van der Waals surface area contributed by atoms with E-state index in [9.17, 15) is 9.59 Å². The first-order valence-corrected chi connectivity index (χ1v) is 7.86. The molecule has 0 aromatic heterocycles. The number of Topliss-reactive ketones (excluding diaryl/α,β-unsaturated/α-hetero) is 1. The van der Waals surface area contributed by atoms with Crippen molar-refractivity contribution in [3.05, 3.63) is 48.6 Å². The van der Waals surface area contributed by atoms with Crippen LogP contribution in [0.2, 0.25) is 0 Å². The molecule has 0 radical (unpaired) electrons. The molecule has 1 aromatic rings. The molecule has 22 heavy (non-hydrogen) atoms. The van der Waals surface area contributed by atoms with E-state index >= 15 is 0 Å². The number of carbonyl (C=O) groups excluding carboxylic acids is 2. The second kappa shape index (κ2) is 5.08. The van der Waals surface area contributed by atoms with Crippen LogP contribution in [0, 0.1) is 16.7 Å². The summed E-state index contributed by atoms with van der Waals surface area (Å²) in [6.45, 7) is 8.44. The lowest BCUT2D eigenvalue weighted by molar-refractivity contribution is -0.149. The highest BCUT2D eigenvalue weighted by molar-refractivity contribution is 6.40. The third kappa shape index (κ3) is 1.95. The van der Waals surface area contributed by atoms with Gasteiger partial charge in [0.15, 0.2) is 0 Å². The fraction of sp³-hybridized carbons (Fsp3) is 0.474. The summed E-state index contributed by atoms with van der Waals surface area (Å²) in [5.41, 5.74) is 0.238. The van der Waals surface area contributed by atoms with Gasteiger partial charge in [0.2, 0.25) is 0 Å². The van der Waals surface area contributed by atoms with Crippen molar-refractivity contribution >= 4 is 11.8 Å². The average molecular weight is 298 g/mol. The summed E-state index contributed by atoms with van der Waals surface area (Å²) in [4.78, 5) is 24.4. The van der Waals surface area contributed by atoms with Crippen molar-refractivity contribution in [2.24, 2.45) is 16.7 Å². The summed E-state index contributed by atoms with van der Waals surface area (Å²) < 4.78 is 5.63. The van der Waals surface area contributed by atoms with E-state index in [4.69, 9.17) is 4.74 Å². The van der Waals surface area contributed by atoms with Crippen molar-refractivity contribution in [2.75, 3.05) is 0 Å². The molecule has 0 spiro atoms. The molecule has 0 aliphatic heterocycles. The molecule has 2 aliphatic carbocycles. The Morgan fingerprint density at radius 3 is 2.55 bits per heavy atom. The molecule has 0 amide bonds. The van der Waals surface area contributed by atoms with Gasteiger partial charge < -0.3 is 4.74 Å².